The van der Waals surface area contributed by atoms with Gasteiger partial charge < -0.3 is 4.90 Å². The molecular formula is C20H28ClN5OS. The average molecular weight is 422 g/mol. The summed E-state index contributed by atoms with van der Waals surface area (Å²) in [6, 6.07) is 5.96. The Balaban J connectivity index is 0.00000280. The molecule has 0 N–H and O–H groups in total. The van der Waals surface area contributed by atoms with Crippen LogP contribution in [0.15, 0.2) is 24.4 Å². The largest absolute Gasteiger partial charge is 0.302 e. The van der Waals surface area contributed by atoms with Gasteiger partial charge in [-0.1, -0.05) is 37.3 Å². The quantitative estimate of drug-likeness (QED) is 0.577. The first-order valence-corrected chi connectivity index (χ1v) is 10.2. The van der Waals surface area contributed by atoms with E-state index in [1.807, 2.05) is 7.05 Å². The number of hydrogen-bond donors (Lipinski definition) is 0. The highest BCUT2D eigenvalue weighted by molar-refractivity contribution is 7.22. The van der Waals surface area contributed by atoms with Crippen LogP contribution in [-0.2, 0) is 7.05 Å². The fraction of sp³-hybridized carbons (Fsp3) is 0.450. The van der Waals surface area contributed by atoms with Crippen molar-refractivity contribution in [3.63, 3.8) is 0 Å². The van der Waals surface area contributed by atoms with Gasteiger partial charge in [0.25, 0.3) is 5.91 Å². The maximum atomic E-state index is 13.2. The zero-order chi connectivity index (χ0) is 19.6. The summed E-state index contributed by atoms with van der Waals surface area (Å²) in [6.45, 7) is 11.7. The van der Waals surface area contributed by atoms with Gasteiger partial charge in [0.1, 0.15) is 0 Å². The van der Waals surface area contributed by atoms with Crippen LogP contribution >= 0.6 is 23.7 Å². The lowest BCUT2D eigenvalue weighted by Crippen LogP contribution is -2.39. The molecule has 0 aliphatic rings. The zero-order valence-electron chi connectivity index (χ0n) is 17.1. The van der Waals surface area contributed by atoms with E-state index in [1.54, 1.807) is 33.2 Å². The third-order valence-corrected chi connectivity index (χ3v) is 6.09. The topological polar surface area (TPSA) is 54.3 Å². The maximum absolute atomic E-state index is 13.2. The number of thiazole rings is 1. The Morgan fingerprint density at radius 1 is 1.11 bits per heavy atom. The molecule has 0 unspecified atom stereocenters. The second kappa shape index (κ2) is 9.49. The Labute approximate surface area is 176 Å². The molecule has 3 rings (SSSR count). The number of halogens is 1. The van der Waals surface area contributed by atoms with Crippen molar-refractivity contribution in [2.45, 2.75) is 27.7 Å². The molecule has 3 aromatic rings. The first-order chi connectivity index (χ1) is 12.9. The number of likely N-dealkylation sites (N-methyl/N-ethyl adjacent to an activating group) is 1. The molecule has 0 saturated heterocycles. The smallest absolute Gasteiger partial charge is 0.280 e. The third-order valence-electron chi connectivity index (χ3n) is 4.87. The fourth-order valence-electron chi connectivity index (χ4n) is 3.10. The van der Waals surface area contributed by atoms with Crippen LogP contribution in [0.2, 0.25) is 0 Å². The van der Waals surface area contributed by atoms with Crippen LogP contribution in [-0.4, -0.2) is 51.8 Å². The van der Waals surface area contributed by atoms with Crippen molar-refractivity contribution in [1.29, 1.82) is 0 Å². The number of benzene rings is 1. The van der Waals surface area contributed by atoms with E-state index < -0.39 is 0 Å². The zero-order valence-corrected chi connectivity index (χ0v) is 18.7. The molecule has 8 heteroatoms. The highest BCUT2D eigenvalue weighted by Crippen LogP contribution is 2.33. The standard InChI is InChI=1S/C20H27N5OS.ClH/c1-6-24(7-2)12-13-25(19(26)16-10-11-23(5)22-16)20-21-17-14(3)8-9-15(4)18(17)27-20;/h8-11H,6-7,12-13H2,1-5H3;1H. The van der Waals surface area contributed by atoms with Gasteiger partial charge >= 0.3 is 0 Å². The molecule has 6 nitrogen and oxygen atoms in total. The van der Waals surface area contributed by atoms with Crippen LogP contribution in [0.5, 0.6) is 0 Å². The van der Waals surface area contributed by atoms with Crippen molar-refractivity contribution >= 4 is 45.0 Å². The number of nitrogens with zero attached hydrogens (tertiary/aromatic N) is 5. The van der Waals surface area contributed by atoms with E-state index in [4.69, 9.17) is 4.98 Å². The van der Waals surface area contributed by atoms with Gasteiger partial charge in [0.2, 0.25) is 0 Å². The van der Waals surface area contributed by atoms with Crippen LogP contribution < -0.4 is 4.90 Å². The number of carbonyl (C=O) groups excluding carboxylic acids is 1. The Kier molecular flexibility index (Phi) is 7.57. The van der Waals surface area contributed by atoms with Crippen molar-refractivity contribution in [3.8, 4) is 0 Å². The van der Waals surface area contributed by atoms with Gasteiger partial charge in [-0.05, 0) is 44.1 Å². The molecule has 0 radical (unpaired) electrons. The molecule has 0 aliphatic carbocycles. The molecule has 0 saturated carbocycles. The van der Waals surface area contributed by atoms with Crippen LogP contribution in [0.1, 0.15) is 35.5 Å². The molecule has 1 amide bonds. The molecule has 28 heavy (non-hydrogen) atoms. The Morgan fingerprint density at radius 2 is 1.79 bits per heavy atom. The molecule has 0 bridgehead atoms. The van der Waals surface area contributed by atoms with Crippen molar-refractivity contribution in [3.05, 3.63) is 41.2 Å². The number of carbonyl (C=O) groups is 1. The number of fused-ring (bicyclic) bond motifs is 1. The van der Waals surface area contributed by atoms with E-state index in [2.05, 4.69) is 49.8 Å². The van der Waals surface area contributed by atoms with E-state index in [0.717, 1.165) is 40.5 Å². The van der Waals surface area contributed by atoms with E-state index in [-0.39, 0.29) is 18.3 Å². The van der Waals surface area contributed by atoms with E-state index in [0.29, 0.717) is 12.2 Å². The second-order valence-corrected chi connectivity index (χ2v) is 7.71. The SMILES string of the molecule is CCN(CC)CCN(C(=O)c1ccn(C)n1)c1nc2c(C)ccc(C)c2s1.Cl. The predicted molar refractivity (Wildman–Crippen MR) is 119 cm³/mol. The van der Waals surface area contributed by atoms with Gasteiger partial charge in [0, 0.05) is 26.3 Å². The summed E-state index contributed by atoms with van der Waals surface area (Å²) < 4.78 is 2.80. The summed E-state index contributed by atoms with van der Waals surface area (Å²) in [5, 5.41) is 5.04. The molecule has 152 valence electrons. The lowest BCUT2D eigenvalue weighted by atomic mass is 10.1. The van der Waals surface area contributed by atoms with Gasteiger partial charge in [-0.15, -0.1) is 12.4 Å². The third kappa shape index (κ3) is 4.54. The second-order valence-electron chi connectivity index (χ2n) is 6.73. The van der Waals surface area contributed by atoms with Crippen molar-refractivity contribution in [2.24, 2.45) is 7.05 Å². The van der Waals surface area contributed by atoms with Crippen LogP contribution in [0, 0.1) is 13.8 Å². The minimum Gasteiger partial charge on any atom is -0.302 e. The first kappa shape index (κ1) is 22.3. The van der Waals surface area contributed by atoms with Gasteiger partial charge in [0.05, 0.1) is 10.2 Å². The molecular weight excluding hydrogens is 394 g/mol. The minimum atomic E-state index is -0.0999. The summed E-state index contributed by atoms with van der Waals surface area (Å²) in [7, 11) is 1.82. The van der Waals surface area contributed by atoms with Gasteiger partial charge in [-0.2, -0.15) is 5.10 Å². The van der Waals surface area contributed by atoms with E-state index in [9.17, 15) is 4.79 Å². The van der Waals surface area contributed by atoms with Crippen LogP contribution in [0.25, 0.3) is 10.2 Å². The van der Waals surface area contributed by atoms with Crippen molar-refractivity contribution < 1.29 is 4.79 Å². The first-order valence-electron chi connectivity index (χ1n) is 9.35. The van der Waals surface area contributed by atoms with E-state index in [1.165, 1.54) is 5.56 Å². The molecule has 0 fully saturated rings. The predicted octanol–water partition coefficient (Wildman–Crippen LogP) is 4.06. The molecule has 0 spiro atoms. The van der Waals surface area contributed by atoms with Crippen LogP contribution in [0.4, 0.5) is 5.13 Å². The number of amides is 1. The molecule has 0 aliphatic heterocycles. The monoisotopic (exact) mass is 421 g/mol. The number of hydrogen-bond acceptors (Lipinski definition) is 5. The normalized spacial score (nSPS) is 11.1. The van der Waals surface area contributed by atoms with Gasteiger partial charge in [-0.25, -0.2) is 4.98 Å². The Morgan fingerprint density at radius 3 is 2.36 bits per heavy atom. The summed E-state index contributed by atoms with van der Waals surface area (Å²) in [6.07, 6.45) is 1.79. The fourth-order valence-corrected chi connectivity index (χ4v) is 4.23. The maximum Gasteiger partial charge on any atom is 0.280 e. The Bertz CT molecular complexity index is 908. The lowest BCUT2D eigenvalue weighted by molar-refractivity contribution is 0.0978. The highest BCUT2D eigenvalue weighted by atomic mass is 35.5. The van der Waals surface area contributed by atoms with Crippen molar-refractivity contribution in [1.82, 2.24) is 19.7 Å². The molecule has 2 aromatic heterocycles. The Hall–Kier alpha value is -1.96. The molecule has 0 atom stereocenters. The average Bonchev–Trinajstić information content (AvgIpc) is 3.29. The number of rotatable bonds is 7. The van der Waals surface area contributed by atoms with E-state index >= 15 is 0 Å². The summed E-state index contributed by atoms with van der Waals surface area (Å²) in [5.41, 5.74) is 3.75. The summed E-state index contributed by atoms with van der Waals surface area (Å²) in [4.78, 5) is 22.1. The summed E-state index contributed by atoms with van der Waals surface area (Å²) in [5.74, 6) is -0.0999. The minimum absolute atomic E-state index is 0. The van der Waals surface area contributed by atoms with Gasteiger partial charge in [0.15, 0.2) is 10.8 Å². The lowest BCUT2D eigenvalue weighted by Gasteiger charge is -2.24. The van der Waals surface area contributed by atoms with Crippen molar-refractivity contribution in [2.75, 3.05) is 31.1 Å². The number of aryl methyl sites for hydroxylation is 3. The number of aromatic nitrogens is 3. The number of anilines is 1. The van der Waals surface area contributed by atoms with Crippen LogP contribution in [0.3, 0.4) is 0 Å². The van der Waals surface area contributed by atoms with Gasteiger partial charge in [-0.3, -0.25) is 14.4 Å². The summed E-state index contributed by atoms with van der Waals surface area (Å²) >= 11 is 1.58. The molecule has 2 heterocycles. The highest BCUT2D eigenvalue weighted by Gasteiger charge is 2.24. The molecule has 1 aromatic carbocycles.